The average molecular weight is 220 g/mol. The van der Waals surface area contributed by atoms with Gasteiger partial charge in [-0.2, -0.15) is 0 Å². The number of rotatable bonds is 7. The second-order valence-electron chi connectivity index (χ2n) is 4.33. The maximum absolute atomic E-state index is 5.72. The van der Waals surface area contributed by atoms with Crippen molar-refractivity contribution in [2.45, 2.75) is 32.1 Å². The first-order chi connectivity index (χ1) is 7.90. The zero-order valence-electron chi connectivity index (χ0n) is 10.00. The van der Waals surface area contributed by atoms with Crippen molar-refractivity contribution >= 4 is 0 Å². The van der Waals surface area contributed by atoms with Gasteiger partial charge in [-0.15, -0.1) is 0 Å². The van der Waals surface area contributed by atoms with Crippen LogP contribution in [-0.2, 0) is 17.6 Å². The molecule has 0 heterocycles. The van der Waals surface area contributed by atoms with E-state index in [-0.39, 0.29) is 0 Å². The summed E-state index contributed by atoms with van der Waals surface area (Å²) >= 11 is 0. The number of methoxy groups -OCH3 is 1. The average Bonchev–Trinajstić information content (AvgIpc) is 2.26. The van der Waals surface area contributed by atoms with E-state index in [0.29, 0.717) is 0 Å². The first-order valence-electron chi connectivity index (χ1n) is 6.13. The van der Waals surface area contributed by atoms with Crippen molar-refractivity contribution in [3.63, 3.8) is 0 Å². The van der Waals surface area contributed by atoms with E-state index in [9.17, 15) is 0 Å². The monoisotopic (exact) mass is 220 g/mol. The van der Waals surface area contributed by atoms with E-state index in [1.54, 1.807) is 7.11 Å². The quantitative estimate of drug-likeness (QED) is 0.658. The van der Waals surface area contributed by atoms with E-state index in [0.717, 1.165) is 31.8 Å². The molecule has 16 heavy (non-hydrogen) atoms. The van der Waals surface area contributed by atoms with Crippen LogP contribution in [0.25, 0.3) is 0 Å². The first kappa shape index (κ1) is 11.5. The van der Waals surface area contributed by atoms with Gasteiger partial charge in [0.15, 0.2) is 0 Å². The van der Waals surface area contributed by atoms with Crippen LogP contribution in [0.4, 0.5) is 0 Å². The predicted octanol–water partition coefficient (Wildman–Crippen LogP) is 2.98. The third kappa shape index (κ3) is 2.99. The van der Waals surface area contributed by atoms with Crippen LogP contribution in [0.2, 0.25) is 0 Å². The lowest BCUT2D eigenvalue weighted by molar-refractivity contribution is 0.189. The molecule has 0 saturated carbocycles. The van der Waals surface area contributed by atoms with Crippen molar-refractivity contribution in [2.75, 3.05) is 20.3 Å². The molecule has 0 N–H and O–H groups in total. The summed E-state index contributed by atoms with van der Waals surface area (Å²) in [6, 6.07) is 6.47. The molecule has 2 heteroatoms. The Morgan fingerprint density at radius 1 is 1.00 bits per heavy atom. The fourth-order valence-electron chi connectivity index (χ4n) is 1.98. The fraction of sp³-hybridized carbons (Fsp3) is 0.571. The van der Waals surface area contributed by atoms with Crippen LogP contribution in [0.5, 0.6) is 5.75 Å². The highest BCUT2D eigenvalue weighted by Gasteiger charge is 2.12. The minimum atomic E-state index is 0.822. The van der Waals surface area contributed by atoms with Crippen molar-refractivity contribution in [2.24, 2.45) is 0 Å². The summed E-state index contributed by atoms with van der Waals surface area (Å²) in [5.74, 6) is 1.03. The van der Waals surface area contributed by atoms with E-state index in [1.165, 1.54) is 30.4 Å². The molecule has 0 fully saturated rings. The van der Waals surface area contributed by atoms with Gasteiger partial charge in [-0.05, 0) is 55.4 Å². The second kappa shape index (κ2) is 5.90. The van der Waals surface area contributed by atoms with Gasteiger partial charge in [-0.3, -0.25) is 0 Å². The summed E-state index contributed by atoms with van der Waals surface area (Å²) < 4.78 is 10.7. The summed E-state index contributed by atoms with van der Waals surface area (Å²) in [7, 11) is 1.75. The lowest BCUT2D eigenvalue weighted by Gasteiger charge is -2.19. The Balaban J connectivity index is 1.63. The van der Waals surface area contributed by atoms with Crippen LogP contribution >= 0.6 is 0 Å². The lowest BCUT2D eigenvalue weighted by atomic mass is 9.89. The van der Waals surface area contributed by atoms with Gasteiger partial charge in [0, 0.05) is 13.7 Å². The number of ether oxygens (including phenoxy) is 2. The molecule has 0 aliphatic heterocycles. The summed E-state index contributed by atoms with van der Waals surface area (Å²) in [4.78, 5) is 0. The normalized spacial score (nSPS) is 13.1. The van der Waals surface area contributed by atoms with Gasteiger partial charge >= 0.3 is 0 Å². The summed E-state index contributed by atoms with van der Waals surface area (Å²) in [5, 5.41) is 0. The highest BCUT2D eigenvalue weighted by molar-refractivity contribution is 5.41. The molecular formula is C14H20O2. The Hall–Kier alpha value is -1.02. The Bertz CT molecular complexity index is 334. The highest BCUT2D eigenvalue weighted by Crippen LogP contribution is 2.26. The number of hydrogen-bond donors (Lipinski definition) is 0. The van der Waals surface area contributed by atoms with Gasteiger partial charge < -0.3 is 9.47 Å². The SMILES string of the molecule is COCCCCCOc1ccc2c(c1)CC2. The summed E-state index contributed by atoms with van der Waals surface area (Å²) in [6.07, 6.45) is 5.89. The van der Waals surface area contributed by atoms with Crippen LogP contribution in [0.1, 0.15) is 30.4 Å². The van der Waals surface area contributed by atoms with Crippen molar-refractivity contribution in [3.05, 3.63) is 29.3 Å². The molecule has 0 amide bonds. The Morgan fingerprint density at radius 2 is 1.81 bits per heavy atom. The lowest BCUT2D eigenvalue weighted by Crippen LogP contribution is -2.08. The molecule has 0 spiro atoms. The van der Waals surface area contributed by atoms with E-state index in [2.05, 4.69) is 18.2 Å². The molecule has 0 aromatic heterocycles. The van der Waals surface area contributed by atoms with Gasteiger partial charge in [0.25, 0.3) is 0 Å². The summed E-state index contributed by atoms with van der Waals surface area (Å²) in [6.45, 7) is 1.68. The smallest absolute Gasteiger partial charge is 0.119 e. The minimum Gasteiger partial charge on any atom is -0.494 e. The molecule has 0 bridgehead atoms. The van der Waals surface area contributed by atoms with E-state index in [1.807, 2.05) is 0 Å². The minimum absolute atomic E-state index is 0.822. The molecule has 2 rings (SSSR count). The van der Waals surface area contributed by atoms with Crippen LogP contribution in [0.3, 0.4) is 0 Å². The number of benzene rings is 1. The summed E-state index contributed by atoms with van der Waals surface area (Å²) in [5.41, 5.74) is 2.96. The third-order valence-corrected chi connectivity index (χ3v) is 3.10. The molecule has 88 valence electrons. The number of hydrogen-bond acceptors (Lipinski definition) is 2. The molecule has 0 saturated heterocycles. The van der Waals surface area contributed by atoms with Gasteiger partial charge in [-0.1, -0.05) is 6.07 Å². The fourth-order valence-corrected chi connectivity index (χ4v) is 1.98. The molecule has 0 unspecified atom stereocenters. The number of fused-ring (bicyclic) bond motifs is 1. The van der Waals surface area contributed by atoms with Crippen LogP contribution < -0.4 is 4.74 Å². The molecule has 1 aliphatic rings. The molecular weight excluding hydrogens is 200 g/mol. The maximum atomic E-state index is 5.72. The molecule has 0 atom stereocenters. The molecule has 0 radical (unpaired) electrons. The molecule has 1 aliphatic carbocycles. The van der Waals surface area contributed by atoms with Gasteiger partial charge in [-0.25, -0.2) is 0 Å². The van der Waals surface area contributed by atoms with E-state index >= 15 is 0 Å². The Kier molecular flexibility index (Phi) is 4.23. The zero-order chi connectivity index (χ0) is 11.2. The van der Waals surface area contributed by atoms with Crippen LogP contribution in [-0.4, -0.2) is 20.3 Å². The van der Waals surface area contributed by atoms with Crippen LogP contribution in [0, 0.1) is 0 Å². The van der Waals surface area contributed by atoms with Crippen molar-refractivity contribution in [1.29, 1.82) is 0 Å². The molecule has 2 nitrogen and oxygen atoms in total. The first-order valence-corrected chi connectivity index (χ1v) is 6.13. The van der Waals surface area contributed by atoms with Crippen LogP contribution in [0.15, 0.2) is 18.2 Å². The third-order valence-electron chi connectivity index (χ3n) is 3.10. The maximum Gasteiger partial charge on any atom is 0.119 e. The standard InChI is InChI=1S/C14H20O2/c1-15-9-3-2-4-10-16-14-8-7-12-5-6-13(12)11-14/h7-8,11H,2-6,9-10H2,1H3. The Labute approximate surface area is 97.6 Å². The van der Waals surface area contributed by atoms with E-state index in [4.69, 9.17) is 9.47 Å². The van der Waals surface area contributed by atoms with E-state index < -0.39 is 0 Å². The van der Waals surface area contributed by atoms with Gasteiger partial charge in [0.1, 0.15) is 5.75 Å². The number of aryl methyl sites for hydroxylation is 2. The largest absolute Gasteiger partial charge is 0.494 e. The number of unbranched alkanes of at least 4 members (excludes halogenated alkanes) is 2. The van der Waals surface area contributed by atoms with Gasteiger partial charge in [0.05, 0.1) is 6.61 Å². The van der Waals surface area contributed by atoms with Crippen molar-refractivity contribution in [3.8, 4) is 5.75 Å². The van der Waals surface area contributed by atoms with Gasteiger partial charge in [0.2, 0.25) is 0 Å². The predicted molar refractivity (Wildman–Crippen MR) is 65.1 cm³/mol. The van der Waals surface area contributed by atoms with Crippen molar-refractivity contribution < 1.29 is 9.47 Å². The topological polar surface area (TPSA) is 18.5 Å². The second-order valence-corrected chi connectivity index (χ2v) is 4.33. The molecule has 1 aromatic rings. The Morgan fingerprint density at radius 3 is 2.50 bits per heavy atom. The highest BCUT2D eigenvalue weighted by atomic mass is 16.5. The molecule has 1 aromatic carbocycles. The zero-order valence-corrected chi connectivity index (χ0v) is 10.00. The van der Waals surface area contributed by atoms with Crippen molar-refractivity contribution in [1.82, 2.24) is 0 Å².